The number of hydrogen-bond acceptors (Lipinski definition) is 2. The smallest absolute Gasteiger partial charge is 0.241 e. The third-order valence-corrected chi connectivity index (χ3v) is 5.35. The zero-order chi connectivity index (χ0) is 16.4. The Hall–Kier alpha value is -0.570. The van der Waals surface area contributed by atoms with Crippen LogP contribution in [0, 0.1) is 23.2 Å². The summed E-state index contributed by atoms with van der Waals surface area (Å²) in [5, 5.41) is 3.61. The highest BCUT2D eigenvalue weighted by Gasteiger charge is 2.43. The van der Waals surface area contributed by atoms with E-state index in [-0.39, 0.29) is 17.6 Å². The van der Waals surface area contributed by atoms with Crippen LogP contribution in [0.4, 0.5) is 0 Å². The number of carbonyl (C=O) groups excluding carboxylic acids is 1. The Kier molecular flexibility index (Phi) is 6.27. The van der Waals surface area contributed by atoms with Crippen LogP contribution in [0.2, 0.25) is 0 Å². The van der Waals surface area contributed by atoms with E-state index in [1.54, 1.807) is 0 Å². The summed E-state index contributed by atoms with van der Waals surface area (Å²) in [6, 6.07) is 0.00159. The van der Waals surface area contributed by atoms with Gasteiger partial charge < -0.3 is 4.90 Å². The fraction of sp³-hybridized carbons (Fsp3) is 0.944. The van der Waals surface area contributed by atoms with Crippen LogP contribution in [0.1, 0.15) is 68.2 Å². The van der Waals surface area contributed by atoms with Crippen LogP contribution in [0.15, 0.2) is 0 Å². The van der Waals surface area contributed by atoms with Crippen molar-refractivity contribution in [3.63, 3.8) is 0 Å². The minimum atomic E-state index is 0.00159. The molecule has 0 bridgehead atoms. The molecule has 1 aliphatic rings. The maximum Gasteiger partial charge on any atom is 0.241 e. The van der Waals surface area contributed by atoms with Gasteiger partial charge in [-0.15, -0.1) is 0 Å². The van der Waals surface area contributed by atoms with Gasteiger partial charge in [0.15, 0.2) is 0 Å². The molecule has 0 aromatic carbocycles. The molecule has 3 unspecified atom stereocenters. The molecule has 0 aliphatic carbocycles. The minimum Gasteiger partial charge on any atom is -0.325 e. The first-order valence-electron chi connectivity index (χ1n) is 8.66. The predicted molar refractivity (Wildman–Crippen MR) is 90.0 cm³/mol. The normalized spacial score (nSPS) is 25.2. The van der Waals surface area contributed by atoms with E-state index in [0.29, 0.717) is 23.7 Å². The van der Waals surface area contributed by atoms with Crippen molar-refractivity contribution in [2.24, 2.45) is 23.2 Å². The average Bonchev–Trinajstić information content (AvgIpc) is 2.65. The van der Waals surface area contributed by atoms with Gasteiger partial charge in [0.1, 0.15) is 0 Å². The zero-order valence-electron chi connectivity index (χ0n) is 15.4. The Labute approximate surface area is 131 Å². The molecule has 0 aromatic heterocycles. The molecule has 0 saturated carbocycles. The lowest BCUT2D eigenvalue weighted by Gasteiger charge is -2.36. The molecule has 0 radical (unpaired) electrons. The lowest BCUT2D eigenvalue weighted by Crippen LogP contribution is -2.45. The Morgan fingerprint density at radius 1 is 1.19 bits per heavy atom. The van der Waals surface area contributed by atoms with Gasteiger partial charge in [0.2, 0.25) is 5.91 Å². The summed E-state index contributed by atoms with van der Waals surface area (Å²) in [5.41, 5.74) is 0.150. The SMILES string of the molecule is CCC(C)C1NC(CC(C)C)N(CC(C)(C)C(C)C)C1=O. The van der Waals surface area contributed by atoms with Crippen molar-refractivity contribution in [1.29, 1.82) is 0 Å². The Morgan fingerprint density at radius 2 is 1.76 bits per heavy atom. The lowest BCUT2D eigenvalue weighted by molar-refractivity contribution is -0.132. The molecule has 21 heavy (non-hydrogen) atoms. The third kappa shape index (κ3) is 4.45. The summed E-state index contributed by atoms with van der Waals surface area (Å²) in [6.45, 7) is 18.7. The van der Waals surface area contributed by atoms with Crippen molar-refractivity contribution in [2.45, 2.75) is 80.4 Å². The summed E-state index contributed by atoms with van der Waals surface area (Å²) < 4.78 is 0. The van der Waals surface area contributed by atoms with E-state index in [9.17, 15) is 4.79 Å². The summed E-state index contributed by atoms with van der Waals surface area (Å²) in [5.74, 6) is 1.87. The van der Waals surface area contributed by atoms with Crippen LogP contribution in [-0.4, -0.2) is 29.6 Å². The lowest BCUT2D eigenvalue weighted by atomic mass is 9.80. The van der Waals surface area contributed by atoms with Crippen LogP contribution < -0.4 is 5.32 Å². The fourth-order valence-corrected chi connectivity index (χ4v) is 2.80. The third-order valence-electron chi connectivity index (χ3n) is 5.35. The van der Waals surface area contributed by atoms with Gasteiger partial charge in [-0.3, -0.25) is 10.1 Å². The molecule has 0 spiro atoms. The van der Waals surface area contributed by atoms with E-state index in [1.807, 2.05) is 0 Å². The first-order chi connectivity index (χ1) is 9.60. The van der Waals surface area contributed by atoms with E-state index < -0.39 is 0 Å². The summed E-state index contributed by atoms with van der Waals surface area (Å²) in [4.78, 5) is 15.0. The molecule has 1 N–H and O–H groups in total. The Morgan fingerprint density at radius 3 is 2.19 bits per heavy atom. The van der Waals surface area contributed by atoms with Gasteiger partial charge in [-0.2, -0.15) is 0 Å². The van der Waals surface area contributed by atoms with Crippen LogP contribution >= 0.6 is 0 Å². The van der Waals surface area contributed by atoms with E-state index in [1.165, 1.54) is 0 Å². The monoisotopic (exact) mass is 296 g/mol. The highest BCUT2D eigenvalue weighted by Crippen LogP contribution is 2.31. The van der Waals surface area contributed by atoms with Gasteiger partial charge in [0.25, 0.3) is 0 Å². The average molecular weight is 296 g/mol. The number of nitrogens with one attached hydrogen (secondary N) is 1. The van der Waals surface area contributed by atoms with Crippen molar-refractivity contribution in [3.05, 3.63) is 0 Å². The standard InChI is InChI=1S/C18H36N2O/c1-9-14(6)16-17(21)20(11-18(7,8)13(4)5)15(19-16)10-12(2)3/h12-16,19H,9-11H2,1-8H3. The minimum absolute atomic E-state index is 0.00159. The second kappa shape index (κ2) is 7.13. The predicted octanol–water partition coefficient (Wildman–Crippen LogP) is 3.89. The van der Waals surface area contributed by atoms with Crippen molar-refractivity contribution in [2.75, 3.05) is 6.54 Å². The largest absolute Gasteiger partial charge is 0.325 e. The van der Waals surface area contributed by atoms with E-state index in [2.05, 4.69) is 65.6 Å². The molecule has 1 heterocycles. The van der Waals surface area contributed by atoms with Crippen LogP contribution in [-0.2, 0) is 4.79 Å². The molecule has 1 fully saturated rings. The Bertz CT molecular complexity index is 349. The first-order valence-corrected chi connectivity index (χ1v) is 8.66. The van der Waals surface area contributed by atoms with Gasteiger partial charge in [0.05, 0.1) is 12.2 Å². The quantitative estimate of drug-likeness (QED) is 0.773. The van der Waals surface area contributed by atoms with Crippen molar-refractivity contribution in [1.82, 2.24) is 10.2 Å². The number of hydrogen-bond donors (Lipinski definition) is 1. The van der Waals surface area contributed by atoms with Crippen LogP contribution in [0.25, 0.3) is 0 Å². The second-order valence-corrected chi connectivity index (χ2v) is 8.28. The molecule has 1 rings (SSSR count). The van der Waals surface area contributed by atoms with Gasteiger partial charge in [-0.05, 0) is 29.6 Å². The van der Waals surface area contributed by atoms with Gasteiger partial charge in [0, 0.05) is 6.54 Å². The van der Waals surface area contributed by atoms with Crippen LogP contribution in [0.5, 0.6) is 0 Å². The summed E-state index contributed by atoms with van der Waals surface area (Å²) in [7, 11) is 0. The fourth-order valence-electron chi connectivity index (χ4n) is 2.80. The van der Waals surface area contributed by atoms with Gasteiger partial charge in [-0.1, -0.05) is 61.8 Å². The number of carbonyl (C=O) groups is 1. The molecule has 0 aromatic rings. The van der Waals surface area contributed by atoms with Gasteiger partial charge >= 0.3 is 0 Å². The molecule has 1 aliphatic heterocycles. The zero-order valence-corrected chi connectivity index (χ0v) is 15.4. The summed E-state index contributed by atoms with van der Waals surface area (Å²) >= 11 is 0. The highest BCUT2D eigenvalue weighted by molar-refractivity contribution is 5.84. The molecule has 3 nitrogen and oxygen atoms in total. The topological polar surface area (TPSA) is 32.3 Å². The molecule has 1 amide bonds. The van der Waals surface area contributed by atoms with Gasteiger partial charge in [-0.25, -0.2) is 0 Å². The molecule has 1 saturated heterocycles. The molecule has 3 atom stereocenters. The van der Waals surface area contributed by atoms with Crippen LogP contribution in [0.3, 0.4) is 0 Å². The van der Waals surface area contributed by atoms with E-state index in [4.69, 9.17) is 0 Å². The van der Waals surface area contributed by atoms with E-state index >= 15 is 0 Å². The Balaban J connectivity index is 2.92. The van der Waals surface area contributed by atoms with E-state index in [0.717, 1.165) is 19.4 Å². The molecular weight excluding hydrogens is 260 g/mol. The number of nitrogens with zero attached hydrogens (tertiary/aromatic N) is 1. The molecule has 124 valence electrons. The highest BCUT2D eigenvalue weighted by atomic mass is 16.2. The second-order valence-electron chi connectivity index (χ2n) is 8.28. The first kappa shape index (κ1) is 18.5. The maximum atomic E-state index is 12.9. The number of rotatable bonds is 7. The molecule has 3 heteroatoms. The maximum absolute atomic E-state index is 12.9. The van der Waals surface area contributed by atoms with Crippen molar-refractivity contribution >= 4 is 5.91 Å². The number of amides is 1. The summed E-state index contributed by atoms with van der Waals surface area (Å²) in [6.07, 6.45) is 2.28. The molecular formula is C18H36N2O. The van der Waals surface area contributed by atoms with Crippen molar-refractivity contribution < 1.29 is 4.79 Å². The van der Waals surface area contributed by atoms with Crippen molar-refractivity contribution in [3.8, 4) is 0 Å².